The van der Waals surface area contributed by atoms with Gasteiger partial charge in [-0.2, -0.15) is 0 Å². The van der Waals surface area contributed by atoms with Crippen LogP contribution in [0.1, 0.15) is 43.5 Å². The van der Waals surface area contributed by atoms with E-state index in [-0.39, 0.29) is 12.2 Å². The second-order valence-corrected chi connectivity index (χ2v) is 12.7. The van der Waals surface area contributed by atoms with E-state index < -0.39 is 12.0 Å². The second kappa shape index (κ2) is 13.6. The van der Waals surface area contributed by atoms with Gasteiger partial charge in [0.1, 0.15) is 24.1 Å². The second-order valence-electron chi connectivity index (χ2n) is 9.36. The number of hydrogen-bond donors (Lipinski definition) is 0. The van der Waals surface area contributed by atoms with Crippen molar-refractivity contribution in [1.29, 1.82) is 0 Å². The molecule has 42 heavy (non-hydrogen) atoms. The van der Waals surface area contributed by atoms with E-state index in [0.29, 0.717) is 45.1 Å². The number of para-hydroxylation sites is 1. The number of carbonyl (C=O) groups is 1. The fourth-order valence-corrected chi connectivity index (χ4v) is 7.94. The molecule has 1 atom stereocenters. The molecule has 0 saturated carbocycles. The van der Waals surface area contributed by atoms with Gasteiger partial charge in [0, 0.05) is 5.56 Å². The average molecular weight is 806 g/mol. The molecule has 0 aliphatic carbocycles. The molecule has 1 aromatic heterocycles. The van der Waals surface area contributed by atoms with Crippen LogP contribution in [0.25, 0.3) is 6.08 Å². The summed E-state index contributed by atoms with van der Waals surface area (Å²) in [7, 11) is 0. The fraction of sp³-hybridized carbons (Fsp3) is 0.219. The van der Waals surface area contributed by atoms with E-state index >= 15 is 0 Å². The van der Waals surface area contributed by atoms with Crippen molar-refractivity contribution in [3.63, 3.8) is 0 Å². The maximum Gasteiger partial charge on any atom is 0.338 e. The van der Waals surface area contributed by atoms with Gasteiger partial charge in [-0.25, -0.2) is 9.79 Å². The van der Waals surface area contributed by atoms with Gasteiger partial charge < -0.3 is 14.2 Å². The van der Waals surface area contributed by atoms with E-state index in [9.17, 15) is 9.59 Å². The topological polar surface area (TPSA) is 79.1 Å². The Hall–Kier alpha value is -2.97. The molecule has 3 aromatic carbocycles. The number of hydrogen-bond acceptors (Lipinski definition) is 7. The normalized spacial score (nSPS) is 14.8. The summed E-state index contributed by atoms with van der Waals surface area (Å²) in [6.45, 7) is 6.55. The maximum absolute atomic E-state index is 14.0. The minimum atomic E-state index is -0.737. The summed E-state index contributed by atoms with van der Waals surface area (Å²) in [4.78, 5) is 32.5. The van der Waals surface area contributed by atoms with Crippen molar-refractivity contribution >= 4 is 68.6 Å². The van der Waals surface area contributed by atoms with E-state index in [1.807, 2.05) is 79.7 Å². The quantitative estimate of drug-likeness (QED) is 0.154. The highest BCUT2D eigenvalue weighted by molar-refractivity contribution is 14.1. The number of esters is 1. The number of carbonyl (C=O) groups excluding carboxylic acids is 1. The summed E-state index contributed by atoms with van der Waals surface area (Å²) in [6, 6.07) is 20.8. The van der Waals surface area contributed by atoms with Crippen LogP contribution in [0.5, 0.6) is 11.5 Å². The smallest absolute Gasteiger partial charge is 0.338 e. The Morgan fingerprint density at radius 1 is 1.00 bits per heavy atom. The van der Waals surface area contributed by atoms with Gasteiger partial charge in [-0.1, -0.05) is 59.9 Å². The van der Waals surface area contributed by atoms with Crippen LogP contribution in [0.4, 0.5) is 0 Å². The fourth-order valence-electron chi connectivity index (χ4n) is 4.76. The molecule has 216 valence electrons. The third kappa shape index (κ3) is 6.35. The lowest BCUT2D eigenvalue weighted by molar-refractivity contribution is -0.139. The Morgan fingerprint density at radius 3 is 2.38 bits per heavy atom. The van der Waals surface area contributed by atoms with Crippen molar-refractivity contribution < 1.29 is 19.0 Å². The van der Waals surface area contributed by atoms with Crippen molar-refractivity contribution in [3.05, 3.63) is 122 Å². The van der Waals surface area contributed by atoms with Crippen molar-refractivity contribution in [2.75, 3.05) is 13.2 Å². The molecule has 0 unspecified atom stereocenters. The summed E-state index contributed by atoms with van der Waals surface area (Å²) in [5.41, 5.74) is 3.27. The highest BCUT2D eigenvalue weighted by Gasteiger charge is 2.35. The standard InChI is InChI=1S/C32H28I2N2O5S/c1-4-39-25-14-10-9-13-22(25)28-27(31(38)40-5-2)19(3)35-32-36(28)30(37)26(42-32)17-21-15-23(33)29(24(34)16-21)41-18-20-11-7-6-8-12-20/h6-17,28H,4-5,18H2,1-3H3/b26-17-/t28-/m0/s1. The molecule has 0 fully saturated rings. The van der Waals surface area contributed by atoms with Crippen molar-refractivity contribution in [2.24, 2.45) is 4.99 Å². The molecule has 0 saturated heterocycles. The third-order valence-corrected chi connectivity index (χ3v) is 9.16. The molecule has 1 aliphatic rings. The van der Waals surface area contributed by atoms with E-state index in [1.165, 1.54) is 11.3 Å². The molecule has 4 aromatic rings. The zero-order valence-electron chi connectivity index (χ0n) is 23.2. The Bertz CT molecular complexity index is 1820. The number of benzene rings is 3. The number of halogens is 2. The third-order valence-electron chi connectivity index (χ3n) is 6.57. The SMILES string of the molecule is CCOC(=O)C1=C(C)N=c2s/c(=C\c3cc(I)c(OCc4ccccc4)c(I)c3)c(=O)n2[C@H]1c1ccccc1OCC. The predicted molar refractivity (Wildman–Crippen MR) is 181 cm³/mol. The number of thiazole rings is 1. The monoisotopic (exact) mass is 806 g/mol. The first kappa shape index (κ1) is 30.5. The van der Waals surface area contributed by atoms with Crippen LogP contribution in [0.3, 0.4) is 0 Å². The van der Waals surface area contributed by atoms with E-state index in [2.05, 4.69) is 50.2 Å². The van der Waals surface area contributed by atoms with Gasteiger partial charge in [0.25, 0.3) is 5.56 Å². The van der Waals surface area contributed by atoms with Crippen LogP contribution < -0.4 is 24.4 Å². The summed E-state index contributed by atoms with van der Waals surface area (Å²) in [6.07, 6.45) is 1.87. The summed E-state index contributed by atoms with van der Waals surface area (Å²) < 4.78 is 21.5. The minimum absolute atomic E-state index is 0.211. The van der Waals surface area contributed by atoms with Gasteiger partial charge in [0.15, 0.2) is 4.80 Å². The molecule has 0 spiro atoms. The van der Waals surface area contributed by atoms with Gasteiger partial charge in [0.2, 0.25) is 0 Å². The molecule has 2 heterocycles. The molecule has 7 nitrogen and oxygen atoms in total. The van der Waals surface area contributed by atoms with Crippen molar-refractivity contribution in [1.82, 2.24) is 4.57 Å². The highest BCUT2D eigenvalue weighted by Crippen LogP contribution is 2.36. The number of aromatic nitrogens is 1. The zero-order valence-corrected chi connectivity index (χ0v) is 28.4. The zero-order chi connectivity index (χ0) is 29.8. The van der Waals surface area contributed by atoms with Crippen LogP contribution in [-0.4, -0.2) is 23.8 Å². The number of nitrogens with zero attached hydrogens (tertiary/aromatic N) is 2. The molecule has 0 amide bonds. The molecule has 5 rings (SSSR count). The lowest BCUT2D eigenvalue weighted by Crippen LogP contribution is -2.40. The highest BCUT2D eigenvalue weighted by atomic mass is 127. The maximum atomic E-state index is 14.0. The van der Waals surface area contributed by atoms with Gasteiger partial charge in [-0.3, -0.25) is 9.36 Å². The summed E-state index contributed by atoms with van der Waals surface area (Å²) >= 11 is 5.82. The summed E-state index contributed by atoms with van der Waals surface area (Å²) in [5.74, 6) is 0.909. The molecule has 0 N–H and O–H groups in total. The number of allylic oxidation sites excluding steroid dienone is 1. The molecular weight excluding hydrogens is 778 g/mol. The molecule has 0 bridgehead atoms. The van der Waals surface area contributed by atoms with Gasteiger partial charge >= 0.3 is 5.97 Å². The lowest BCUT2D eigenvalue weighted by Gasteiger charge is -2.26. The first-order valence-corrected chi connectivity index (χ1v) is 16.4. The largest absolute Gasteiger partial charge is 0.494 e. The molecule has 10 heteroatoms. The van der Waals surface area contributed by atoms with Crippen molar-refractivity contribution in [2.45, 2.75) is 33.4 Å². The van der Waals surface area contributed by atoms with Gasteiger partial charge in [-0.05, 0) is 101 Å². The van der Waals surface area contributed by atoms with Crippen molar-refractivity contribution in [3.8, 4) is 11.5 Å². The number of rotatable bonds is 9. The summed E-state index contributed by atoms with van der Waals surface area (Å²) in [5, 5.41) is 0. The first-order valence-electron chi connectivity index (χ1n) is 13.4. The van der Waals surface area contributed by atoms with Gasteiger partial charge in [0.05, 0.1) is 36.2 Å². The number of fused-ring (bicyclic) bond motifs is 1. The molecule has 1 aliphatic heterocycles. The Morgan fingerprint density at radius 2 is 1.69 bits per heavy atom. The molecular formula is C32H28I2N2O5S. The van der Waals surface area contributed by atoms with Crippen LogP contribution in [0.15, 0.2) is 87.8 Å². The Labute approximate surface area is 274 Å². The minimum Gasteiger partial charge on any atom is -0.494 e. The Kier molecular flexibility index (Phi) is 9.84. The lowest BCUT2D eigenvalue weighted by atomic mass is 9.95. The van der Waals surface area contributed by atoms with Gasteiger partial charge in [-0.15, -0.1) is 0 Å². The van der Waals surface area contributed by atoms with Crippen LogP contribution in [-0.2, 0) is 16.1 Å². The van der Waals surface area contributed by atoms with Crippen LogP contribution >= 0.6 is 56.5 Å². The number of ether oxygens (including phenoxy) is 3. The first-order chi connectivity index (χ1) is 20.3. The van der Waals surface area contributed by atoms with Crippen LogP contribution in [0.2, 0.25) is 0 Å². The van der Waals surface area contributed by atoms with E-state index in [4.69, 9.17) is 14.2 Å². The average Bonchev–Trinajstić information content (AvgIpc) is 3.27. The predicted octanol–water partition coefficient (Wildman–Crippen LogP) is 5.99. The van der Waals surface area contributed by atoms with E-state index in [1.54, 1.807) is 18.4 Å². The molecule has 0 radical (unpaired) electrons. The van der Waals surface area contributed by atoms with Crippen LogP contribution in [0, 0.1) is 7.14 Å². The Balaban J connectivity index is 1.59. The van der Waals surface area contributed by atoms with E-state index in [0.717, 1.165) is 24.0 Å².